The Morgan fingerprint density at radius 2 is 1.84 bits per heavy atom. The quantitative estimate of drug-likeness (QED) is 0.494. The number of amides is 2. The predicted molar refractivity (Wildman–Crippen MR) is 142 cm³/mol. The van der Waals surface area contributed by atoms with Gasteiger partial charge in [0.1, 0.15) is 6.07 Å². The number of nitriles is 1. The maximum absolute atomic E-state index is 13.2. The predicted octanol–water partition coefficient (Wildman–Crippen LogP) is 3.19. The number of halogens is 1. The molecule has 0 spiro atoms. The molecule has 10 heteroatoms. The van der Waals surface area contributed by atoms with Gasteiger partial charge in [-0.05, 0) is 62.6 Å². The number of aryl methyl sites for hydroxylation is 1. The van der Waals surface area contributed by atoms with E-state index in [4.69, 9.17) is 16.9 Å². The Labute approximate surface area is 218 Å². The fourth-order valence-electron chi connectivity index (χ4n) is 4.97. The molecule has 3 aromatic rings. The highest BCUT2D eigenvalue weighted by Crippen LogP contribution is 2.28. The molecule has 37 heavy (non-hydrogen) atoms. The van der Waals surface area contributed by atoms with E-state index in [1.165, 1.54) is 9.13 Å². The van der Waals surface area contributed by atoms with E-state index in [0.717, 1.165) is 6.42 Å². The average molecular weight is 522 g/mol. The van der Waals surface area contributed by atoms with Crippen LogP contribution in [0.5, 0.6) is 0 Å². The molecule has 192 valence electrons. The fraction of sp³-hybridized carbons (Fsp3) is 0.370. The summed E-state index contributed by atoms with van der Waals surface area (Å²) in [5.41, 5.74) is 1.26. The van der Waals surface area contributed by atoms with Crippen molar-refractivity contribution in [1.82, 2.24) is 14.5 Å². The maximum atomic E-state index is 13.2. The lowest BCUT2D eigenvalue weighted by Gasteiger charge is -2.21. The van der Waals surface area contributed by atoms with Crippen molar-refractivity contribution in [2.24, 2.45) is 5.92 Å². The molecule has 4 rings (SSSR count). The summed E-state index contributed by atoms with van der Waals surface area (Å²) < 4.78 is 2.72. The van der Waals surface area contributed by atoms with E-state index >= 15 is 0 Å². The van der Waals surface area contributed by atoms with Crippen LogP contribution in [0, 0.1) is 17.2 Å². The van der Waals surface area contributed by atoms with Gasteiger partial charge in [0.05, 0.1) is 33.8 Å². The molecule has 0 saturated heterocycles. The first-order chi connectivity index (χ1) is 17.8. The summed E-state index contributed by atoms with van der Waals surface area (Å²) in [6.45, 7) is 4.25. The van der Waals surface area contributed by atoms with Gasteiger partial charge < -0.3 is 10.6 Å². The Morgan fingerprint density at radius 1 is 1.08 bits per heavy atom. The third-order valence-electron chi connectivity index (χ3n) is 6.84. The second-order valence-corrected chi connectivity index (χ2v) is 9.52. The summed E-state index contributed by atoms with van der Waals surface area (Å²) in [6.07, 6.45) is 2.20. The highest BCUT2D eigenvalue weighted by molar-refractivity contribution is 6.31. The molecule has 2 N–H and O–H groups in total. The number of carbonyl (C=O) groups is 2. The van der Waals surface area contributed by atoms with Crippen molar-refractivity contribution in [3.63, 3.8) is 0 Å². The molecule has 1 aliphatic rings. The van der Waals surface area contributed by atoms with Gasteiger partial charge in [-0.25, -0.2) is 4.79 Å². The van der Waals surface area contributed by atoms with E-state index in [0.29, 0.717) is 52.1 Å². The summed E-state index contributed by atoms with van der Waals surface area (Å²) in [7, 11) is 0. The van der Waals surface area contributed by atoms with Crippen LogP contribution in [0.4, 0.5) is 5.69 Å². The largest absolute Gasteiger partial charge is 0.352 e. The first-order valence-corrected chi connectivity index (χ1v) is 12.7. The number of anilines is 1. The minimum Gasteiger partial charge on any atom is -0.352 e. The van der Waals surface area contributed by atoms with Crippen LogP contribution in [0.3, 0.4) is 0 Å². The zero-order valence-electron chi connectivity index (χ0n) is 20.7. The molecule has 0 aliphatic heterocycles. The minimum absolute atomic E-state index is 0.0871. The molecule has 0 radical (unpaired) electrons. The van der Waals surface area contributed by atoms with E-state index in [1.807, 2.05) is 13.0 Å². The maximum Gasteiger partial charge on any atom is 0.331 e. The normalized spacial score (nSPS) is 16.9. The number of fused-ring (bicyclic) bond motifs is 1. The Morgan fingerprint density at radius 3 is 2.51 bits per heavy atom. The van der Waals surface area contributed by atoms with Crippen LogP contribution < -0.4 is 21.9 Å². The van der Waals surface area contributed by atoms with Crippen molar-refractivity contribution in [2.75, 3.05) is 5.32 Å². The smallest absolute Gasteiger partial charge is 0.331 e. The summed E-state index contributed by atoms with van der Waals surface area (Å²) in [5.74, 6) is -0.877. The molecule has 1 fully saturated rings. The van der Waals surface area contributed by atoms with Gasteiger partial charge in [-0.2, -0.15) is 5.26 Å². The third kappa shape index (κ3) is 5.30. The zero-order chi connectivity index (χ0) is 26.7. The molecule has 1 saturated carbocycles. The fourth-order valence-corrected chi connectivity index (χ4v) is 5.22. The van der Waals surface area contributed by atoms with Crippen molar-refractivity contribution in [3.8, 4) is 6.07 Å². The summed E-state index contributed by atoms with van der Waals surface area (Å²) >= 11 is 6.07. The minimum atomic E-state index is -0.416. The molecule has 2 atom stereocenters. The van der Waals surface area contributed by atoms with Gasteiger partial charge in [0.25, 0.3) is 5.56 Å². The Hall–Kier alpha value is -3.90. The summed E-state index contributed by atoms with van der Waals surface area (Å²) in [5, 5.41) is 15.5. The topological polar surface area (TPSA) is 126 Å². The summed E-state index contributed by atoms with van der Waals surface area (Å²) in [6, 6.07) is 11.5. The van der Waals surface area contributed by atoms with Crippen LogP contribution in [0.2, 0.25) is 5.02 Å². The number of benzene rings is 2. The average Bonchev–Trinajstić information content (AvgIpc) is 3.33. The van der Waals surface area contributed by atoms with E-state index in [9.17, 15) is 19.2 Å². The lowest BCUT2D eigenvalue weighted by molar-refractivity contribution is -0.123. The number of hydrogen-bond donors (Lipinski definition) is 2. The first-order valence-electron chi connectivity index (χ1n) is 12.3. The van der Waals surface area contributed by atoms with Crippen LogP contribution in [0.1, 0.15) is 44.2 Å². The van der Waals surface area contributed by atoms with Gasteiger partial charge >= 0.3 is 5.69 Å². The van der Waals surface area contributed by atoms with Crippen molar-refractivity contribution in [1.29, 1.82) is 5.26 Å². The molecular weight excluding hydrogens is 494 g/mol. The van der Waals surface area contributed by atoms with Gasteiger partial charge in [0.15, 0.2) is 0 Å². The van der Waals surface area contributed by atoms with Gasteiger partial charge in [-0.1, -0.05) is 24.1 Å². The molecule has 0 unspecified atom stereocenters. The van der Waals surface area contributed by atoms with Crippen LogP contribution in [0.15, 0.2) is 46.0 Å². The zero-order valence-corrected chi connectivity index (χ0v) is 21.5. The number of nitrogens with zero attached hydrogens (tertiary/aromatic N) is 3. The third-order valence-corrected chi connectivity index (χ3v) is 7.16. The van der Waals surface area contributed by atoms with Crippen molar-refractivity contribution < 1.29 is 9.59 Å². The van der Waals surface area contributed by atoms with Crippen LogP contribution >= 0.6 is 11.6 Å². The Bertz CT molecular complexity index is 1530. The molecule has 2 amide bonds. The first kappa shape index (κ1) is 26.2. The van der Waals surface area contributed by atoms with E-state index in [-0.39, 0.29) is 36.5 Å². The second kappa shape index (κ2) is 11.0. The lowest BCUT2D eigenvalue weighted by atomic mass is 10.0. The van der Waals surface area contributed by atoms with Crippen molar-refractivity contribution in [3.05, 3.63) is 73.4 Å². The number of carbonyl (C=O) groups excluding carboxylic acids is 2. The van der Waals surface area contributed by atoms with Gasteiger partial charge in [0, 0.05) is 24.8 Å². The Balaban J connectivity index is 1.48. The van der Waals surface area contributed by atoms with Gasteiger partial charge in [-0.3, -0.25) is 23.5 Å². The lowest BCUT2D eigenvalue weighted by Crippen LogP contribution is -2.42. The number of aromatic nitrogens is 2. The highest BCUT2D eigenvalue weighted by Gasteiger charge is 2.34. The van der Waals surface area contributed by atoms with E-state index in [1.54, 1.807) is 43.3 Å². The van der Waals surface area contributed by atoms with Gasteiger partial charge in [0.2, 0.25) is 11.8 Å². The number of rotatable bonds is 7. The molecule has 1 aliphatic carbocycles. The number of hydrogen-bond acceptors (Lipinski definition) is 5. The van der Waals surface area contributed by atoms with Gasteiger partial charge in [-0.15, -0.1) is 0 Å². The second-order valence-electron chi connectivity index (χ2n) is 9.11. The molecule has 1 aromatic heterocycles. The van der Waals surface area contributed by atoms with Crippen LogP contribution in [-0.4, -0.2) is 27.0 Å². The van der Waals surface area contributed by atoms with E-state index in [2.05, 4.69) is 10.6 Å². The molecule has 0 bridgehead atoms. The van der Waals surface area contributed by atoms with Crippen LogP contribution in [0.25, 0.3) is 10.9 Å². The molecular formula is C27H28ClN5O4. The standard InChI is InChI=1S/C27H28ClN5O4/c1-3-32-23-11-10-18(14-20(23)26(36)33(4-2)27(32)37)30-25(35)19-6-5-7-22(19)31-24(34)13-16-8-9-17(15-29)21(28)12-16/h8-12,14,19,22H,3-7,13H2,1-2H3,(H,30,35)(H,31,34)/t19-,22+/m0/s1. The van der Waals surface area contributed by atoms with Crippen LogP contribution in [-0.2, 0) is 29.1 Å². The molecule has 9 nitrogen and oxygen atoms in total. The SMILES string of the molecule is CCn1c(=O)c2cc(NC(=O)[C@H]3CCC[C@H]3NC(=O)Cc3ccc(C#N)c(Cl)c3)ccc2n(CC)c1=O. The summed E-state index contributed by atoms with van der Waals surface area (Å²) in [4.78, 5) is 51.3. The van der Waals surface area contributed by atoms with Crippen molar-refractivity contribution >= 4 is 40.0 Å². The van der Waals surface area contributed by atoms with Crippen molar-refractivity contribution in [2.45, 2.75) is 58.7 Å². The number of nitrogens with one attached hydrogen (secondary N) is 2. The van der Waals surface area contributed by atoms with E-state index < -0.39 is 11.5 Å². The monoisotopic (exact) mass is 521 g/mol. The molecule has 1 heterocycles. The molecule has 2 aromatic carbocycles. The highest BCUT2D eigenvalue weighted by atomic mass is 35.5. The Kier molecular flexibility index (Phi) is 7.79.